The minimum Gasteiger partial charge on any atom is -0.493 e. The van der Waals surface area contributed by atoms with Gasteiger partial charge in [0.2, 0.25) is 16.9 Å². The summed E-state index contributed by atoms with van der Waals surface area (Å²) >= 11 is 1.19. The number of carbonyl (C=O) groups is 2. The highest BCUT2D eigenvalue weighted by Gasteiger charge is 2.33. The van der Waals surface area contributed by atoms with Gasteiger partial charge >= 0.3 is 0 Å². The Labute approximate surface area is 181 Å². The highest BCUT2D eigenvalue weighted by atomic mass is 32.1. The van der Waals surface area contributed by atoms with Crippen LogP contribution >= 0.6 is 11.5 Å². The van der Waals surface area contributed by atoms with E-state index in [0.717, 1.165) is 11.4 Å². The number of amides is 2. The fourth-order valence-corrected chi connectivity index (χ4v) is 4.12. The third-order valence-electron chi connectivity index (χ3n) is 5.11. The molecule has 2 amide bonds. The maximum atomic E-state index is 12.7. The molecule has 1 aromatic carbocycles. The van der Waals surface area contributed by atoms with Gasteiger partial charge in [0.05, 0.1) is 13.7 Å². The molecule has 0 N–H and O–H groups in total. The molecule has 0 bridgehead atoms. The molecule has 1 aliphatic heterocycles. The van der Waals surface area contributed by atoms with Crippen LogP contribution in [0.3, 0.4) is 0 Å². The molecule has 2 heterocycles. The second-order valence-electron chi connectivity index (χ2n) is 7.56. The molecule has 1 saturated heterocycles. The minimum atomic E-state index is -0.180. The van der Waals surface area contributed by atoms with Crippen LogP contribution in [0.1, 0.15) is 50.4 Å². The number of likely N-dealkylation sites (N-methyl/N-ethyl adjacent to an activating group) is 1. The largest absolute Gasteiger partial charge is 0.493 e. The molecule has 162 valence electrons. The lowest BCUT2D eigenvalue weighted by Gasteiger charge is -2.20. The van der Waals surface area contributed by atoms with Crippen LogP contribution in [0, 0.1) is 0 Å². The molecule has 0 spiro atoms. The number of rotatable bonds is 8. The molecule has 0 saturated carbocycles. The van der Waals surface area contributed by atoms with Gasteiger partial charge in [0.15, 0.2) is 11.5 Å². The SMILES string of the molecule is CCOc1cc([C@@H]2CC(=O)N(CC(=O)N(C)c3nc(C(C)C)ns3)C2)ccc1OC. The van der Waals surface area contributed by atoms with Crippen LogP contribution in [-0.4, -0.2) is 59.9 Å². The first-order valence-corrected chi connectivity index (χ1v) is 10.8. The number of benzene rings is 1. The van der Waals surface area contributed by atoms with E-state index in [1.54, 1.807) is 19.1 Å². The maximum Gasteiger partial charge on any atom is 0.248 e. The van der Waals surface area contributed by atoms with Crippen LogP contribution in [0.2, 0.25) is 0 Å². The highest BCUT2D eigenvalue weighted by Crippen LogP contribution is 2.35. The molecule has 30 heavy (non-hydrogen) atoms. The van der Waals surface area contributed by atoms with Crippen molar-refractivity contribution in [2.75, 3.05) is 38.8 Å². The van der Waals surface area contributed by atoms with Crippen molar-refractivity contribution in [2.24, 2.45) is 0 Å². The standard InChI is InChI=1S/C21H28N4O4S/c1-6-29-17-9-14(7-8-16(17)28-5)15-10-18(26)25(11-15)12-19(27)24(4)21-22-20(13(2)3)23-30-21/h7-9,13,15H,6,10-12H2,1-5H3/t15-/m1/s1. The summed E-state index contributed by atoms with van der Waals surface area (Å²) in [7, 11) is 3.27. The molecule has 0 radical (unpaired) electrons. The van der Waals surface area contributed by atoms with Gasteiger partial charge in [0.25, 0.3) is 0 Å². The van der Waals surface area contributed by atoms with Gasteiger partial charge in [-0.1, -0.05) is 19.9 Å². The Kier molecular flexibility index (Phi) is 6.91. The van der Waals surface area contributed by atoms with Gasteiger partial charge in [0.1, 0.15) is 12.4 Å². The van der Waals surface area contributed by atoms with Crippen molar-refractivity contribution in [2.45, 2.75) is 39.0 Å². The monoisotopic (exact) mass is 432 g/mol. The summed E-state index contributed by atoms with van der Waals surface area (Å²) < 4.78 is 15.3. The van der Waals surface area contributed by atoms with Gasteiger partial charge in [-0.3, -0.25) is 14.5 Å². The molecule has 1 aromatic heterocycles. The van der Waals surface area contributed by atoms with Crippen LogP contribution in [0.5, 0.6) is 11.5 Å². The van der Waals surface area contributed by atoms with Gasteiger partial charge in [-0.25, -0.2) is 4.98 Å². The van der Waals surface area contributed by atoms with E-state index < -0.39 is 0 Å². The lowest BCUT2D eigenvalue weighted by Crippen LogP contribution is -2.39. The van der Waals surface area contributed by atoms with E-state index in [4.69, 9.17) is 9.47 Å². The number of carbonyl (C=O) groups excluding carboxylic acids is 2. The molecule has 1 atom stereocenters. The van der Waals surface area contributed by atoms with Gasteiger partial charge < -0.3 is 14.4 Å². The smallest absolute Gasteiger partial charge is 0.248 e. The fraction of sp³-hybridized carbons (Fsp3) is 0.524. The van der Waals surface area contributed by atoms with E-state index in [-0.39, 0.29) is 30.2 Å². The summed E-state index contributed by atoms with van der Waals surface area (Å²) in [5.74, 6) is 2.04. The Morgan fingerprint density at radius 2 is 2.13 bits per heavy atom. The van der Waals surface area contributed by atoms with Gasteiger partial charge in [0, 0.05) is 43.4 Å². The summed E-state index contributed by atoms with van der Waals surface area (Å²) in [5.41, 5.74) is 1.00. The number of hydrogen-bond donors (Lipinski definition) is 0. The minimum absolute atomic E-state index is 0.00907. The number of nitrogens with zero attached hydrogens (tertiary/aromatic N) is 4. The topological polar surface area (TPSA) is 84.9 Å². The quantitative estimate of drug-likeness (QED) is 0.637. The first kappa shape index (κ1) is 22.0. The molecular formula is C21H28N4O4S. The average Bonchev–Trinajstić information content (AvgIpc) is 3.35. The van der Waals surface area contributed by atoms with Crippen LogP contribution in [0.25, 0.3) is 0 Å². The van der Waals surface area contributed by atoms with Crippen molar-refractivity contribution in [1.82, 2.24) is 14.3 Å². The van der Waals surface area contributed by atoms with Crippen molar-refractivity contribution in [3.8, 4) is 11.5 Å². The molecule has 9 heteroatoms. The van der Waals surface area contributed by atoms with Crippen LogP contribution in [-0.2, 0) is 9.59 Å². The first-order chi connectivity index (χ1) is 14.3. The molecule has 1 aliphatic rings. The average molecular weight is 433 g/mol. The second kappa shape index (κ2) is 9.42. The zero-order valence-corrected chi connectivity index (χ0v) is 18.9. The fourth-order valence-electron chi connectivity index (χ4n) is 3.34. The number of likely N-dealkylation sites (tertiary alicyclic amines) is 1. The van der Waals surface area contributed by atoms with Crippen LogP contribution < -0.4 is 14.4 Å². The summed E-state index contributed by atoms with van der Waals surface area (Å²) in [6, 6.07) is 5.73. The number of methoxy groups -OCH3 is 1. The van der Waals surface area contributed by atoms with Crippen molar-refractivity contribution in [3.63, 3.8) is 0 Å². The lowest BCUT2D eigenvalue weighted by atomic mass is 9.98. The van der Waals surface area contributed by atoms with Gasteiger partial charge in [-0.05, 0) is 24.6 Å². The molecular weight excluding hydrogens is 404 g/mol. The van der Waals surface area contributed by atoms with E-state index in [0.29, 0.717) is 36.2 Å². The second-order valence-corrected chi connectivity index (χ2v) is 8.29. The molecule has 0 unspecified atom stereocenters. The molecule has 2 aromatic rings. The molecule has 3 rings (SSSR count). The maximum absolute atomic E-state index is 12.7. The van der Waals surface area contributed by atoms with E-state index >= 15 is 0 Å². The summed E-state index contributed by atoms with van der Waals surface area (Å²) in [5, 5.41) is 0.545. The Morgan fingerprint density at radius 3 is 2.77 bits per heavy atom. The molecule has 8 nitrogen and oxygen atoms in total. The summed E-state index contributed by atoms with van der Waals surface area (Å²) in [6.45, 7) is 6.97. The van der Waals surface area contributed by atoms with Gasteiger partial charge in [-0.15, -0.1) is 0 Å². The molecule has 0 aliphatic carbocycles. The Morgan fingerprint density at radius 1 is 1.37 bits per heavy atom. The van der Waals surface area contributed by atoms with E-state index in [1.165, 1.54) is 16.4 Å². The Balaban J connectivity index is 1.66. The zero-order valence-electron chi connectivity index (χ0n) is 18.0. The molecule has 1 fully saturated rings. The van der Waals surface area contributed by atoms with Crippen LogP contribution in [0.15, 0.2) is 18.2 Å². The number of anilines is 1. The Hall–Kier alpha value is -2.68. The van der Waals surface area contributed by atoms with E-state index in [9.17, 15) is 9.59 Å². The number of ether oxygens (including phenoxy) is 2. The van der Waals surface area contributed by atoms with Crippen LogP contribution in [0.4, 0.5) is 5.13 Å². The predicted octanol–water partition coefficient (Wildman–Crippen LogP) is 3.05. The zero-order chi connectivity index (χ0) is 21.8. The third-order valence-corrected chi connectivity index (χ3v) is 5.91. The predicted molar refractivity (Wildman–Crippen MR) is 116 cm³/mol. The Bertz CT molecular complexity index is 914. The lowest BCUT2D eigenvalue weighted by molar-refractivity contribution is -0.132. The normalized spacial score (nSPS) is 16.3. The van der Waals surface area contributed by atoms with Crippen molar-refractivity contribution < 1.29 is 19.1 Å². The van der Waals surface area contributed by atoms with Crippen molar-refractivity contribution >= 4 is 28.5 Å². The highest BCUT2D eigenvalue weighted by molar-refractivity contribution is 7.09. The first-order valence-electron chi connectivity index (χ1n) is 10.0. The van der Waals surface area contributed by atoms with E-state index in [1.807, 2.05) is 39.0 Å². The summed E-state index contributed by atoms with van der Waals surface area (Å²) in [4.78, 5) is 32.8. The third kappa shape index (κ3) is 4.72. The van der Waals surface area contributed by atoms with Crippen molar-refractivity contribution in [3.05, 3.63) is 29.6 Å². The summed E-state index contributed by atoms with van der Waals surface area (Å²) in [6.07, 6.45) is 0.366. The number of aromatic nitrogens is 2. The van der Waals surface area contributed by atoms with Gasteiger partial charge in [-0.2, -0.15) is 4.37 Å². The number of hydrogen-bond acceptors (Lipinski definition) is 7. The van der Waals surface area contributed by atoms with E-state index in [2.05, 4.69) is 9.36 Å². The van der Waals surface area contributed by atoms with Crippen molar-refractivity contribution in [1.29, 1.82) is 0 Å².